The number of hydrogen-bond donors (Lipinski definition) is 3. The molecule has 1 aromatic heterocycles. The topological polar surface area (TPSA) is 149 Å². The SMILES string of the molecule is [2H]C([2H])(O[P@@](=O)(C[C@@H](C)C(=O)OC(C)C)Oc1cccc2ccccc12)[C@H]1O[C@@H](n2ccc(=O)[nH]c2=S)C(C)(O)[C@H]1O. The van der Waals surface area contributed by atoms with Crippen LogP contribution < -0.4 is 10.1 Å². The average molecular weight is 595 g/mol. The second-order valence-electron chi connectivity index (χ2n) is 10.1. The van der Waals surface area contributed by atoms with Crippen molar-refractivity contribution in [2.45, 2.75) is 57.8 Å². The summed E-state index contributed by atoms with van der Waals surface area (Å²) in [7, 11) is -4.57. The van der Waals surface area contributed by atoms with Crippen molar-refractivity contribution in [3.05, 3.63) is 69.9 Å². The minimum Gasteiger partial charge on any atom is -0.463 e. The summed E-state index contributed by atoms with van der Waals surface area (Å²) in [4.78, 5) is 26.6. The zero-order chi connectivity index (χ0) is 31.0. The molecule has 0 saturated carbocycles. The third-order valence-corrected chi connectivity index (χ3v) is 8.48. The first kappa shape index (κ1) is 27.3. The molecular formula is C27H33N2O9PS. The molecule has 1 aliphatic rings. The van der Waals surface area contributed by atoms with Crippen LogP contribution in [0.25, 0.3) is 10.8 Å². The summed E-state index contributed by atoms with van der Waals surface area (Å²) >= 11 is 5.15. The van der Waals surface area contributed by atoms with E-state index in [0.717, 1.165) is 16.0 Å². The number of aromatic nitrogens is 2. The number of nitrogens with one attached hydrogen (secondary N) is 1. The highest BCUT2D eigenvalue weighted by Crippen LogP contribution is 2.52. The maximum Gasteiger partial charge on any atom is 0.380 e. The highest BCUT2D eigenvalue weighted by molar-refractivity contribution is 7.71. The van der Waals surface area contributed by atoms with Crippen molar-refractivity contribution >= 4 is 36.6 Å². The van der Waals surface area contributed by atoms with Crippen LogP contribution in [-0.4, -0.2) is 62.4 Å². The smallest absolute Gasteiger partial charge is 0.380 e. The van der Waals surface area contributed by atoms with Crippen LogP contribution in [0.1, 0.15) is 36.7 Å². The van der Waals surface area contributed by atoms with Crippen LogP contribution in [0.4, 0.5) is 0 Å². The second kappa shape index (κ2) is 11.9. The van der Waals surface area contributed by atoms with Gasteiger partial charge < -0.3 is 24.2 Å². The number of carbonyl (C=O) groups excluding carboxylic acids is 1. The van der Waals surface area contributed by atoms with Crippen molar-refractivity contribution in [2.24, 2.45) is 5.92 Å². The number of fused-ring (bicyclic) bond motifs is 1. The highest BCUT2D eigenvalue weighted by atomic mass is 32.1. The van der Waals surface area contributed by atoms with E-state index < -0.39 is 67.9 Å². The summed E-state index contributed by atoms with van der Waals surface area (Å²) in [6.07, 6.45) is -5.09. The number of aliphatic hydroxyl groups is 2. The van der Waals surface area contributed by atoms with E-state index in [2.05, 4.69) is 4.98 Å². The van der Waals surface area contributed by atoms with Gasteiger partial charge in [-0.25, -0.2) is 4.57 Å². The van der Waals surface area contributed by atoms with Gasteiger partial charge in [-0.1, -0.05) is 43.3 Å². The summed E-state index contributed by atoms with van der Waals surface area (Å²) in [6.45, 7) is 2.91. The molecular weight excluding hydrogens is 559 g/mol. The van der Waals surface area contributed by atoms with E-state index in [4.69, 9.17) is 33.5 Å². The van der Waals surface area contributed by atoms with Crippen LogP contribution >= 0.6 is 19.8 Å². The molecule has 0 amide bonds. The molecule has 1 fully saturated rings. The molecule has 2 heterocycles. The van der Waals surface area contributed by atoms with Gasteiger partial charge in [-0.2, -0.15) is 0 Å². The van der Waals surface area contributed by atoms with E-state index in [1.165, 1.54) is 26.1 Å². The van der Waals surface area contributed by atoms with Crippen LogP contribution in [-0.2, 0) is 23.4 Å². The Labute approximate surface area is 239 Å². The Balaban J connectivity index is 1.70. The van der Waals surface area contributed by atoms with E-state index in [-0.39, 0.29) is 10.5 Å². The number of benzene rings is 2. The molecule has 0 spiro atoms. The molecule has 1 unspecified atom stereocenters. The summed E-state index contributed by atoms with van der Waals surface area (Å²) in [5.74, 6) is -1.61. The molecule has 0 bridgehead atoms. The summed E-state index contributed by atoms with van der Waals surface area (Å²) < 4.78 is 55.2. The van der Waals surface area contributed by atoms with Gasteiger partial charge in [0.25, 0.3) is 5.56 Å². The Kier molecular flexibility index (Phi) is 8.15. The van der Waals surface area contributed by atoms with Gasteiger partial charge in [0.05, 0.1) is 27.5 Å². The number of ether oxygens (including phenoxy) is 2. The lowest BCUT2D eigenvalue weighted by Gasteiger charge is -2.28. The summed E-state index contributed by atoms with van der Waals surface area (Å²) in [6, 6.07) is 13.2. The fourth-order valence-electron chi connectivity index (χ4n) is 4.26. The molecule has 3 aromatic rings. The van der Waals surface area contributed by atoms with E-state index in [1.807, 2.05) is 12.1 Å². The first-order valence-electron chi connectivity index (χ1n) is 13.6. The number of nitrogens with zero attached hydrogens (tertiary/aromatic N) is 1. The normalized spacial score (nSPS) is 26.1. The van der Waals surface area contributed by atoms with Crippen LogP contribution in [0, 0.1) is 10.7 Å². The van der Waals surface area contributed by atoms with Crippen LogP contribution in [0.3, 0.4) is 0 Å². The van der Waals surface area contributed by atoms with E-state index in [0.29, 0.717) is 5.39 Å². The van der Waals surface area contributed by atoms with Crippen LogP contribution in [0.2, 0.25) is 0 Å². The third kappa shape index (κ3) is 6.54. The number of aromatic amines is 1. The predicted molar refractivity (Wildman–Crippen MR) is 150 cm³/mol. The number of carbonyl (C=O) groups is 1. The third-order valence-electron chi connectivity index (χ3n) is 6.31. The van der Waals surface area contributed by atoms with Gasteiger partial charge in [0.15, 0.2) is 11.0 Å². The Morgan fingerprint density at radius 3 is 2.65 bits per heavy atom. The zero-order valence-corrected chi connectivity index (χ0v) is 24.1. The van der Waals surface area contributed by atoms with Crippen molar-refractivity contribution in [1.29, 1.82) is 0 Å². The summed E-state index contributed by atoms with van der Waals surface area (Å²) in [5.41, 5.74) is -2.64. The van der Waals surface area contributed by atoms with Gasteiger partial charge in [-0.3, -0.25) is 23.7 Å². The number of hydrogen-bond acceptors (Lipinski definition) is 10. The first-order valence-corrected chi connectivity index (χ1v) is 14.7. The molecule has 11 nitrogen and oxygen atoms in total. The zero-order valence-electron chi connectivity index (χ0n) is 24.3. The molecule has 0 radical (unpaired) electrons. The van der Waals surface area contributed by atoms with Gasteiger partial charge in [-0.05, 0) is 44.4 Å². The van der Waals surface area contributed by atoms with Crippen molar-refractivity contribution in [3.8, 4) is 5.75 Å². The molecule has 0 aliphatic carbocycles. The van der Waals surface area contributed by atoms with Crippen LogP contribution in [0.15, 0.2) is 59.5 Å². The molecule has 4 rings (SSSR count). The molecule has 2 aromatic carbocycles. The summed E-state index contributed by atoms with van der Waals surface area (Å²) in [5, 5.41) is 23.5. The Morgan fingerprint density at radius 2 is 1.95 bits per heavy atom. The molecule has 13 heteroatoms. The number of H-pyrrole nitrogens is 1. The van der Waals surface area contributed by atoms with Crippen LogP contribution in [0.5, 0.6) is 5.75 Å². The quantitative estimate of drug-likeness (QED) is 0.179. The maximum absolute atomic E-state index is 14.4. The van der Waals surface area contributed by atoms with Crippen molar-refractivity contribution in [2.75, 3.05) is 12.7 Å². The van der Waals surface area contributed by atoms with Gasteiger partial charge in [-0.15, -0.1) is 0 Å². The van der Waals surface area contributed by atoms with Gasteiger partial charge >= 0.3 is 13.6 Å². The lowest BCUT2D eigenvalue weighted by molar-refractivity contribution is -0.151. The Bertz CT molecular complexity index is 1620. The van der Waals surface area contributed by atoms with Gasteiger partial charge in [0.1, 0.15) is 23.6 Å². The molecule has 3 N–H and O–H groups in total. The highest BCUT2D eigenvalue weighted by Gasteiger charge is 2.53. The maximum atomic E-state index is 14.4. The molecule has 40 heavy (non-hydrogen) atoms. The Morgan fingerprint density at radius 1 is 1.25 bits per heavy atom. The second-order valence-corrected chi connectivity index (χ2v) is 12.4. The number of aliphatic hydroxyl groups excluding tert-OH is 1. The minimum atomic E-state index is -4.57. The molecule has 6 atom stereocenters. The lowest BCUT2D eigenvalue weighted by Crippen LogP contribution is -2.44. The monoisotopic (exact) mass is 594 g/mol. The van der Waals surface area contributed by atoms with E-state index in [1.54, 1.807) is 38.1 Å². The molecule has 1 aliphatic heterocycles. The van der Waals surface area contributed by atoms with Gasteiger partial charge in [0, 0.05) is 17.6 Å². The Hall–Kier alpha value is -2.86. The molecule has 216 valence electrons. The van der Waals surface area contributed by atoms with Crippen molar-refractivity contribution in [3.63, 3.8) is 0 Å². The largest absolute Gasteiger partial charge is 0.463 e. The predicted octanol–water partition coefficient (Wildman–Crippen LogP) is 3.94. The standard InChI is InChI=1S/C27H33N2O9PS/c1-16(2)36-24(32)17(3)15-39(34,38-20-11-7-9-18-8-5-6-10-19(18)20)35-14-21-23(31)27(4,33)25(37-21)29-13-12-22(30)28-26(29)40/h5-13,16-17,21,23,25,31,33H,14-15H2,1-4H3,(H,28,30,40)/t17-,21-,23+,25-,27?,39+/m1/s1/i14D2. The lowest BCUT2D eigenvalue weighted by atomic mass is 9.96. The first-order chi connectivity index (χ1) is 19.5. The average Bonchev–Trinajstić information content (AvgIpc) is 3.12. The minimum absolute atomic E-state index is 0.119. The van der Waals surface area contributed by atoms with E-state index in [9.17, 15) is 24.4 Å². The van der Waals surface area contributed by atoms with Gasteiger partial charge in [0.2, 0.25) is 0 Å². The van der Waals surface area contributed by atoms with Crippen molar-refractivity contribution in [1.82, 2.24) is 9.55 Å². The van der Waals surface area contributed by atoms with Crippen molar-refractivity contribution < 1.29 is 40.8 Å². The molecule has 1 saturated heterocycles. The van der Waals surface area contributed by atoms with E-state index >= 15 is 0 Å². The number of esters is 1. The fraction of sp³-hybridized carbons (Fsp3) is 0.444. The fourth-order valence-corrected chi connectivity index (χ4v) is 6.25. The number of rotatable bonds is 10.